The van der Waals surface area contributed by atoms with Gasteiger partial charge in [-0.15, -0.1) is 0 Å². The largest absolute Gasteiger partial charge is 0.468 e. The monoisotopic (exact) mass is 273 g/mol. The van der Waals surface area contributed by atoms with E-state index in [0.717, 1.165) is 51.7 Å². The molecule has 2 rings (SSSR count). The Balaban J connectivity index is 1.87. The van der Waals surface area contributed by atoms with Crippen molar-refractivity contribution in [2.75, 3.05) is 20.3 Å². The molecule has 2 N–H and O–H groups in total. The Bertz CT molecular complexity index is 294. The lowest BCUT2D eigenvalue weighted by molar-refractivity contribution is -0.148. The Morgan fingerprint density at radius 1 is 1.33 bits per heavy atom. The SMILES string of the molecule is COC(=O)C1(N)CCCC(SC2CCOCC2)C1. The molecule has 18 heavy (non-hydrogen) atoms. The Kier molecular flexibility index (Phi) is 4.92. The molecular formula is C13H23NO3S. The second kappa shape index (κ2) is 6.26. The highest BCUT2D eigenvalue weighted by atomic mass is 32.2. The van der Waals surface area contributed by atoms with Gasteiger partial charge in [-0.05, 0) is 38.5 Å². The lowest BCUT2D eigenvalue weighted by atomic mass is 9.82. The van der Waals surface area contributed by atoms with Gasteiger partial charge in [0.15, 0.2) is 0 Å². The minimum atomic E-state index is -0.754. The Morgan fingerprint density at radius 3 is 2.72 bits per heavy atom. The summed E-state index contributed by atoms with van der Waals surface area (Å²) < 4.78 is 10.2. The van der Waals surface area contributed by atoms with Crippen LogP contribution >= 0.6 is 11.8 Å². The van der Waals surface area contributed by atoms with Gasteiger partial charge in [0.1, 0.15) is 5.54 Å². The van der Waals surface area contributed by atoms with Gasteiger partial charge in [0.25, 0.3) is 0 Å². The summed E-state index contributed by atoms with van der Waals surface area (Å²) in [6.07, 6.45) is 5.94. The van der Waals surface area contributed by atoms with Crippen molar-refractivity contribution in [2.24, 2.45) is 5.73 Å². The average molecular weight is 273 g/mol. The van der Waals surface area contributed by atoms with Gasteiger partial charge in [0.05, 0.1) is 7.11 Å². The number of nitrogens with two attached hydrogens (primary N) is 1. The third-order valence-electron chi connectivity index (χ3n) is 3.89. The summed E-state index contributed by atoms with van der Waals surface area (Å²) in [5.74, 6) is -0.250. The number of carbonyl (C=O) groups excluding carboxylic acids is 1. The minimum Gasteiger partial charge on any atom is -0.468 e. The van der Waals surface area contributed by atoms with E-state index in [2.05, 4.69) is 0 Å². The van der Waals surface area contributed by atoms with Crippen LogP contribution in [0.4, 0.5) is 0 Å². The molecule has 2 unspecified atom stereocenters. The highest BCUT2D eigenvalue weighted by molar-refractivity contribution is 8.00. The predicted molar refractivity (Wildman–Crippen MR) is 72.6 cm³/mol. The first-order valence-corrected chi connectivity index (χ1v) is 7.69. The molecule has 5 heteroatoms. The van der Waals surface area contributed by atoms with Crippen LogP contribution in [0.15, 0.2) is 0 Å². The van der Waals surface area contributed by atoms with Crippen LogP contribution in [0.3, 0.4) is 0 Å². The zero-order valence-corrected chi connectivity index (χ0v) is 11.8. The van der Waals surface area contributed by atoms with Gasteiger partial charge < -0.3 is 15.2 Å². The third-order valence-corrected chi connectivity index (χ3v) is 5.53. The van der Waals surface area contributed by atoms with E-state index in [4.69, 9.17) is 15.2 Å². The zero-order valence-electron chi connectivity index (χ0n) is 11.0. The molecule has 1 saturated carbocycles. The first-order chi connectivity index (χ1) is 8.64. The maximum Gasteiger partial charge on any atom is 0.325 e. The number of ether oxygens (including phenoxy) is 2. The number of rotatable bonds is 3. The first-order valence-electron chi connectivity index (χ1n) is 6.74. The summed E-state index contributed by atoms with van der Waals surface area (Å²) in [5.41, 5.74) is 5.44. The first kappa shape index (κ1) is 14.2. The van der Waals surface area contributed by atoms with Gasteiger partial charge in [-0.1, -0.05) is 0 Å². The molecule has 2 atom stereocenters. The van der Waals surface area contributed by atoms with Crippen LogP contribution in [0.5, 0.6) is 0 Å². The molecule has 1 heterocycles. The van der Waals surface area contributed by atoms with Gasteiger partial charge in [-0.3, -0.25) is 4.79 Å². The highest BCUT2D eigenvalue weighted by Gasteiger charge is 2.41. The van der Waals surface area contributed by atoms with Gasteiger partial charge >= 0.3 is 5.97 Å². The van der Waals surface area contributed by atoms with Crippen molar-refractivity contribution in [2.45, 2.75) is 54.6 Å². The number of hydrogen-bond donors (Lipinski definition) is 1. The molecule has 0 radical (unpaired) electrons. The fourth-order valence-electron chi connectivity index (χ4n) is 2.84. The van der Waals surface area contributed by atoms with Crippen LogP contribution in [-0.2, 0) is 14.3 Å². The van der Waals surface area contributed by atoms with Crippen LogP contribution in [0.25, 0.3) is 0 Å². The van der Waals surface area contributed by atoms with E-state index in [1.54, 1.807) is 0 Å². The molecule has 2 fully saturated rings. The molecule has 0 aromatic carbocycles. The fourth-order valence-corrected chi connectivity index (χ4v) is 4.55. The summed E-state index contributed by atoms with van der Waals surface area (Å²) in [6, 6.07) is 0. The van der Waals surface area contributed by atoms with Crippen LogP contribution in [0.1, 0.15) is 38.5 Å². The number of methoxy groups -OCH3 is 1. The number of hydrogen-bond acceptors (Lipinski definition) is 5. The molecule has 0 bridgehead atoms. The Morgan fingerprint density at radius 2 is 2.06 bits per heavy atom. The van der Waals surface area contributed by atoms with Crippen molar-refractivity contribution in [1.82, 2.24) is 0 Å². The lowest BCUT2D eigenvalue weighted by Crippen LogP contribution is -2.52. The maximum atomic E-state index is 11.7. The molecule has 0 spiro atoms. The van der Waals surface area contributed by atoms with E-state index >= 15 is 0 Å². The average Bonchev–Trinajstić information content (AvgIpc) is 2.39. The Labute approximate surface area is 113 Å². The smallest absolute Gasteiger partial charge is 0.325 e. The van der Waals surface area contributed by atoms with Crippen molar-refractivity contribution < 1.29 is 14.3 Å². The van der Waals surface area contributed by atoms with E-state index in [0.29, 0.717) is 10.5 Å². The standard InChI is InChI=1S/C13H23NO3S/c1-16-12(15)13(14)6-2-3-11(9-13)18-10-4-7-17-8-5-10/h10-11H,2-9,14H2,1H3. The normalized spacial score (nSPS) is 34.2. The molecule has 1 aliphatic carbocycles. The minimum absolute atomic E-state index is 0.250. The van der Waals surface area contributed by atoms with E-state index in [1.165, 1.54) is 7.11 Å². The second-order valence-electron chi connectivity index (χ2n) is 5.31. The van der Waals surface area contributed by atoms with Crippen LogP contribution in [-0.4, -0.2) is 42.3 Å². The van der Waals surface area contributed by atoms with Crippen molar-refractivity contribution in [3.05, 3.63) is 0 Å². The summed E-state index contributed by atoms with van der Waals surface area (Å²) in [5, 5.41) is 1.16. The van der Waals surface area contributed by atoms with Gasteiger partial charge in [0.2, 0.25) is 0 Å². The summed E-state index contributed by atoms with van der Waals surface area (Å²) in [4.78, 5) is 11.7. The zero-order chi connectivity index (χ0) is 13.0. The van der Waals surface area contributed by atoms with Crippen molar-refractivity contribution in [1.29, 1.82) is 0 Å². The van der Waals surface area contributed by atoms with Crippen LogP contribution < -0.4 is 5.73 Å². The molecule has 1 saturated heterocycles. The van der Waals surface area contributed by atoms with Crippen molar-refractivity contribution in [3.8, 4) is 0 Å². The van der Waals surface area contributed by atoms with Crippen molar-refractivity contribution in [3.63, 3.8) is 0 Å². The van der Waals surface area contributed by atoms with Gasteiger partial charge in [0, 0.05) is 23.7 Å². The molecule has 0 aromatic heterocycles. The van der Waals surface area contributed by atoms with Gasteiger partial charge in [-0.2, -0.15) is 11.8 Å². The topological polar surface area (TPSA) is 61.5 Å². The lowest BCUT2D eigenvalue weighted by Gasteiger charge is -2.37. The predicted octanol–water partition coefficient (Wildman–Crippen LogP) is 1.71. The summed E-state index contributed by atoms with van der Waals surface area (Å²) >= 11 is 2.00. The molecule has 0 amide bonds. The quantitative estimate of drug-likeness (QED) is 0.793. The fraction of sp³-hybridized carbons (Fsp3) is 0.923. The number of thioether (sulfide) groups is 1. The van der Waals surface area contributed by atoms with Crippen LogP contribution in [0.2, 0.25) is 0 Å². The van der Waals surface area contributed by atoms with Crippen LogP contribution in [0, 0.1) is 0 Å². The van der Waals surface area contributed by atoms with Gasteiger partial charge in [-0.25, -0.2) is 0 Å². The third kappa shape index (κ3) is 3.39. The molecule has 4 nitrogen and oxygen atoms in total. The summed E-state index contributed by atoms with van der Waals surface area (Å²) in [7, 11) is 1.42. The van der Waals surface area contributed by atoms with Crippen molar-refractivity contribution >= 4 is 17.7 Å². The van der Waals surface area contributed by atoms with E-state index in [1.807, 2.05) is 11.8 Å². The summed E-state index contributed by atoms with van der Waals surface area (Å²) in [6.45, 7) is 1.74. The highest BCUT2D eigenvalue weighted by Crippen LogP contribution is 2.38. The van der Waals surface area contributed by atoms with E-state index < -0.39 is 5.54 Å². The van der Waals surface area contributed by atoms with E-state index in [-0.39, 0.29) is 5.97 Å². The second-order valence-corrected chi connectivity index (χ2v) is 6.92. The maximum absolute atomic E-state index is 11.7. The molecule has 104 valence electrons. The molecular weight excluding hydrogens is 250 g/mol. The number of esters is 1. The van der Waals surface area contributed by atoms with E-state index in [9.17, 15) is 4.79 Å². The molecule has 2 aliphatic rings. The molecule has 1 aliphatic heterocycles. The molecule has 0 aromatic rings. The number of carbonyl (C=O) groups is 1. The Hall–Kier alpha value is -0.260.